The molecule has 5 heterocycles. The predicted octanol–water partition coefficient (Wildman–Crippen LogP) is 2.72. The first-order valence-electron chi connectivity index (χ1n) is 9.40. The highest BCUT2D eigenvalue weighted by molar-refractivity contribution is 7.18. The molecule has 1 atom stereocenters. The normalized spacial score (nSPS) is 16.0. The molecule has 5 aromatic rings. The molecule has 0 fully saturated rings. The second-order valence-corrected chi connectivity index (χ2v) is 8.00. The Morgan fingerprint density at radius 2 is 2.23 bits per heavy atom. The fraction of sp³-hybridized carbons (Fsp3) is 0.158. The van der Waals surface area contributed by atoms with E-state index in [2.05, 4.69) is 35.3 Å². The molecule has 0 radical (unpaired) electrons. The fourth-order valence-electron chi connectivity index (χ4n) is 3.71. The van der Waals surface area contributed by atoms with Gasteiger partial charge in [0.15, 0.2) is 0 Å². The minimum absolute atomic E-state index is 0.152. The van der Waals surface area contributed by atoms with Gasteiger partial charge in [-0.1, -0.05) is 6.07 Å². The van der Waals surface area contributed by atoms with Crippen LogP contribution in [0.2, 0.25) is 0 Å². The molecular weight excluding hydrogens is 423 g/mol. The van der Waals surface area contributed by atoms with Crippen LogP contribution in [0.1, 0.15) is 33.1 Å². The van der Waals surface area contributed by atoms with Crippen LogP contribution in [0.15, 0.2) is 41.2 Å². The van der Waals surface area contributed by atoms with Crippen molar-refractivity contribution >= 4 is 27.5 Å². The molecule has 0 saturated heterocycles. The molecule has 0 aliphatic carbocycles. The Bertz CT molecular complexity index is 1410. The summed E-state index contributed by atoms with van der Waals surface area (Å²) >= 11 is 1.33. The number of hydrogen-bond acceptors (Lipinski definition) is 8. The Hall–Kier alpha value is -3.93. The fourth-order valence-corrected chi connectivity index (χ4v) is 4.81. The van der Waals surface area contributed by atoms with Gasteiger partial charge in [0.05, 0.1) is 16.7 Å². The van der Waals surface area contributed by atoms with Crippen LogP contribution in [0.4, 0.5) is 4.39 Å². The summed E-state index contributed by atoms with van der Waals surface area (Å²) in [5, 5.41) is 15.0. The monoisotopic (exact) mass is 436 g/mol. The molecule has 6 rings (SSSR count). The summed E-state index contributed by atoms with van der Waals surface area (Å²) in [7, 11) is 0. The van der Waals surface area contributed by atoms with Crippen molar-refractivity contribution in [2.24, 2.45) is 0 Å². The van der Waals surface area contributed by atoms with E-state index in [0.717, 1.165) is 5.69 Å². The number of thiazole rings is 1. The molecule has 12 heteroatoms. The predicted molar refractivity (Wildman–Crippen MR) is 107 cm³/mol. The van der Waals surface area contributed by atoms with Crippen LogP contribution in [-0.2, 0) is 6.42 Å². The lowest BCUT2D eigenvalue weighted by molar-refractivity contribution is 0.0650. The first-order chi connectivity index (χ1) is 15.2. The third kappa shape index (κ3) is 2.83. The minimum Gasteiger partial charge on any atom is -0.411 e. The Labute approximate surface area is 177 Å². The van der Waals surface area contributed by atoms with Gasteiger partial charge in [-0.3, -0.25) is 9.89 Å². The summed E-state index contributed by atoms with van der Waals surface area (Å²) < 4.78 is 20.5. The van der Waals surface area contributed by atoms with E-state index in [1.807, 2.05) is 0 Å². The molecule has 2 N–H and O–H groups in total. The number of carbonyl (C=O) groups is 1. The van der Waals surface area contributed by atoms with E-state index in [1.54, 1.807) is 35.6 Å². The number of nitrogens with one attached hydrogen (secondary N) is 2. The number of aromatic nitrogens is 7. The van der Waals surface area contributed by atoms with E-state index in [4.69, 9.17) is 4.42 Å². The summed E-state index contributed by atoms with van der Waals surface area (Å²) in [6.07, 6.45) is 3.72. The molecule has 0 spiro atoms. The number of halogens is 1. The van der Waals surface area contributed by atoms with Crippen molar-refractivity contribution in [2.45, 2.75) is 12.5 Å². The van der Waals surface area contributed by atoms with Crippen LogP contribution in [0.5, 0.6) is 0 Å². The van der Waals surface area contributed by atoms with E-state index in [1.165, 1.54) is 17.4 Å². The van der Waals surface area contributed by atoms with Gasteiger partial charge in [0.1, 0.15) is 28.1 Å². The van der Waals surface area contributed by atoms with Gasteiger partial charge >= 0.3 is 11.8 Å². The number of nitrogens with zero attached hydrogens (tertiary/aromatic N) is 6. The highest BCUT2D eigenvalue weighted by Crippen LogP contribution is 2.38. The van der Waals surface area contributed by atoms with Gasteiger partial charge in [-0.05, 0) is 18.2 Å². The number of amides is 1. The highest BCUT2D eigenvalue weighted by Gasteiger charge is 2.38. The lowest BCUT2D eigenvalue weighted by Crippen LogP contribution is -2.41. The number of carbonyl (C=O) groups excluding carboxylic acids is 1. The molecule has 0 bridgehead atoms. The van der Waals surface area contributed by atoms with E-state index in [-0.39, 0.29) is 17.3 Å². The van der Waals surface area contributed by atoms with E-state index < -0.39 is 17.8 Å². The van der Waals surface area contributed by atoms with E-state index in [0.29, 0.717) is 34.1 Å². The maximum atomic E-state index is 14.3. The van der Waals surface area contributed by atoms with Gasteiger partial charge < -0.3 is 14.3 Å². The second kappa shape index (κ2) is 6.80. The first kappa shape index (κ1) is 17.9. The molecule has 1 aromatic carbocycles. The summed E-state index contributed by atoms with van der Waals surface area (Å²) in [6, 6.07) is 5.87. The number of aromatic amines is 2. The maximum absolute atomic E-state index is 14.3. The van der Waals surface area contributed by atoms with Crippen molar-refractivity contribution in [1.29, 1.82) is 0 Å². The van der Waals surface area contributed by atoms with Crippen LogP contribution in [-0.4, -0.2) is 52.7 Å². The van der Waals surface area contributed by atoms with Gasteiger partial charge in [0, 0.05) is 24.9 Å². The Morgan fingerprint density at radius 1 is 1.29 bits per heavy atom. The third-order valence-corrected chi connectivity index (χ3v) is 6.22. The number of imidazole rings is 1. The molecule has 1 unspecified atom stereocenters. The van der Waals surface area contributed by atoms with Crippen LogP contribution in [0.3, 0.4) is 0 Å². The molecule has 10 nitrogen and oxygen atoms in total. The number of para-hydroxylation sites is 1. The molecule has 4 aromatic heterocycles. The summed E-state index contributed by atoms with van der Waals surface area (Å²) in [5.41, 5.74) is 2.37. The topological polar surface area (TPSA) is 129 Å². The number of fused-ring (bicyclic) bond motifs is 2. The number of benzene rings is 1. The zero-order valence-electron chi connectivity index (χ0n) is 15.7. The smallest absolute Gasteiger partial charge is 0.312 e. The van der Waals surface area contributed by atoms with Gasteiger partial charge in [0.25, 0.3) is 5.89 Å². The van der Waals surface area contributed by atoms with Crippen molar-refractivity contribution in [3.05, 3.63) is 64.9 Å². The van der Waals surface area contributed by atoms with Crippen LogP contribution in [0, 0.1) is 5.82 Å². The zero-order valence-corrected chi connectivity index (χ0v) is 16.6. The average molecular weight is 436 g/mol. The number of H-pyrrole nitrogens is 2. The number of rotatable bonds is 3. The summed E-state index contributed by atoms with van der Waals surface area (Å²) in [6.45, 7) is 0.388. The third-order valence-electron chi connectivity index (χ3n) is 5.15. The molecule has 0 saturated carbocycles. The standard InChI is InChI=1S/C19H13FN8O2S/c20-9-2-1-3-12-13(9)24-18(31-12)15-14-10(21-8-22-14)5-7-28(15)19(29)17-27-26-16(30-17)11-4-6-23-25-11/h1-4,6,8,15H,5,7H2,(H,21,22)(H,23,25). The van der Waals surface area contributed by atoms with E-state index >= 15 is 0 Å². The second-order valence-electron chi connectivity index (χ2n) is 6.94. The number of hydrogen-bond donors (Lipinski definition) is 2. The van der Waals surface area contributed by atoms with Crippen molar-refractivity contribution in [1.82, 2.24) is 40.2 Å². The van der Waals surface area contributed by atoms with E-state index in [9.17, 15) is 9.18 Å². The zero-order chi connectivity index (χ0) is 20.9. The quantitative estimate of drug-likeness (QED) is 0.445. The molecule has 1 amide bonds. The van der Waals surface area contributed by atoms with Crippen LogP contribution < -0.4 is 0 Å². The largest absolute Gasteiger partial charge is 0.411 e. The average Bonchev–Trinajstić information content (AvgIpc) is 3.58. The molecular formula is C19H13FN8O2S. The van der Waals surface area contributed by atoms with Crippen molar-refractivity contribution in [3.8, 4) is 11.6 Å². The first-order valence-corrected chi connectivity index (χ1v) is 10.2. The Morgan fingerprint density at radius 3 is 3.06 bits per heavy atom. The highest BCUT2D eigenvalue weighted by atomic mass is 32.1. The minimum atomic E-state index is -0.596. The molecule has 31 heavy (non-hydrogen) atoms. The van der Waals surface area contributed by atoms with Gasteiger partial charge in [-0.25, -0.2) is 14.4 Å². The van der Waals surface area contributed by atoms with Crippen molar-refractivity contribution in [2.75, 3.05) is 6.54 Å². The molecule has 1 aliphatic heterocycles. The Kier molecular flexibility index (Phi) is 3.93. The SMILES string of the molecule is O=C(c1nnc(-c2ccn[nH]2)o1)N1CCc2[nH]cnc2C1c1nc2c(F)cccc2s1. The van der Waals surface area contributed by atoms with Gasteiger partial charge in [-0.15, -0.1) is 21.5 Å². The summed E-state index contributed by atoms with van der Waals surface area (Å²) in [4.78, 5) is 27.0. The van der Waals surface area contributed by atoms with Crippen molar-refractivity contribution in [3.63, 3.8) is 0 Å². The Balaban J connectivity index is 1.42. The molecule has 154 valence electrons. The van der Waals surface area contributed by atoms with Gasteiger partial charge in [0.2, 0.25) is 0 Å². The van der Waals surface area contributed by atoms with Crippen LogP contribution in [0.25, 0.3) is 21.8 Å². The lowest BCUT2D eigenvalue weighted by atomic mass is 10.0. The maximum Gasteiger partial charge on any atom is 0.312 e. The van der Waals surface area contributed by atoms with Crippen LogP contribution >= 0.6 is 11.3 Å². The summed E-state index contributed by atoms with van der Waals surface area (Å²) in [5.74, 6) is -0.841. The lowest BCUT2D eigenvalue weighted by Gasteiger charge is -2.32. The molecule has 1 aliphatic rings. The van der Waals surface area contributed by atoms with Crippen molar-refractivity contribution < 1.29 is 13.6 Å². The van der Waals surface area contributed by atoms with Gasteiger partial charge in [-0.2, -0.15) is 5.10 Å².